The number of benzene rings is 6. The first-order valence-corrected chi connectivity index (χ1v) is 38.6. The fourth-order valence-electron chi connectivity index (χ4n) is 13.1. The molecule has 0 aliphatic carbocycles. The molecule has 5 aliphatic heterocycles. The number of likely N-dealkylation sites (tertiary alicyclic amines) is 2. The second kappa shape index (κ2) is 46.0. The Morgan fingerprint density at radius 2 is 0.779 bits per heavy atom. The van der Waals surface area contributed by atoms with Gasteiger partial charge in [-0.3, -0.25) is 14.4 Å². The molecule has 0 saturated carbocycles. The van der Waals surface area contributed by atoms with Crippen molar-refractivity contribution in [3.05, 3.63) is 249 Å². The zero-order valence-electron chi connectivity index (χ0n) is 63.3. The predicted octanol–water partition coefficient (Wildman–Crippen LogP) is 14.3. The summed E-state index contributed by atoms with van der Waals surface area (Å²) in [5.74, 6) is -3.55. The molecular formula is C88H99ClN6O18. The fraction of sp³-hybridized carbons (Fsp3) is 0.352. The van der Waals surface area contributed by atoms with Gasteiger partial charge in [-0.1, -0.05) is 173 Å². The zero-order valence-corrected chi connectivity index (χ0v) is 64.1. The second-order valence-corrected chi connectivity index (χ2v) is 28.0. The number of hydrogen-bond donors (Lipinski definition) is 7. The Balaban J connectivity index is 0.000000195. The monoisotopic (exact) mass is 1560 g/mol. The highest BCUT2D eigenvalue weighted by atomic mass is 35.5. The number of nitrogens with zero attached hydrogens (tertiary/aromatic N) is 5. The molecule has 113 heavy (non-hydrogen) atoms. The van der Waals surface area contributed by atoms with Gasteiger partial charge >= 0.3 is 17.9 Å². The van der Waals surface area contributed by atoms with Crippen LogP contribution in [0.1, 0.15) is 148 Å². The van der Waals surface area contributed by atoms with Gasteiger partial charge in [0.1, 0.15) is 51.2 Å². The molecule has 596 valence electrons. The number of phenolic OH excluding ortho intramolecular Hbond substituents is 6. The Kier molecular flexibility index (Phi) is 34.7. The fourth-order valence-corrected chi connectivity index (χ4v) is 13.3. The number of fused-ring (bicyclic) bond motifs is 3. The number of halogens is 1. The number of carbonyl (C=O) groups is 6. The van der Waals surface area contributed by atoms with Gasteiger partial charge in [0.25, 0.3) is 17.7 Å². The third kappa shape index (κ3) is 28.7. The molecule has 5 aliphatic rings. The summed E-state index contributed by atoms with van der Waals surface area (Å²) in [4.78, 5) is 95.6. The lowest BCUT2D eigenvalue weighted by molar-refractivity contribution is -0.138. The Bertz CT molecular complexity index is 4250. The van der Waals surface area contributed by atoms with Crippen LogP contribution >= 0.6 is 11.6 Å². The molecule has 0 aromatic heterocycles. The van der Waals surface area contributed by atoms with Crippen molar-refractivity contribution in [3.63, 3.8) is 0 Å². The molecule has 0 bridgehead atoms. The maximum atomic E-state index is 12.8. The van der Waals surface area contributed by atoms with E-state index in [2.05, 4.69) is 69.3 Å². The van der Waals surface area contributed by atoms with E-state index in [-0.39, 0.29) is 133 Å². The molecule has 6 aromatic rings. The molecule has 0 atom stereocenters. The minimum Gasteiger partial charge on any atom is -0.508 e. The molecule has 25 heteroatoms. The molecule has 0 radical (unpaired) electrons. The van der Waals surface area contributed by atoms with Crippen LogP contribution < -0.4 is 5.32 Å². The van der Waals surface area contributed by atoms with Gasteiger partial charge in [-0.2, -0.15) is 0 Å². The van der Waals surface area contributed by atoms with Crippen LogP contribution in [0, 0.1) is 11.8 Å². The maximum absolute atomic E-state index is 12.8. The van der Waals surface area contributed by atoms with E-state index in [0.717, 1.165) is 101 Å². The van der Waals surface area contributed by atoms with Gasteiger partial charge in [0.05, 0.1) is 42.0 Å². The van der Waals surface area contributed by atoms with Crippen LogP contribution in [0.4, 0.5) is 0 Å². The second-order valence-electron chi connectivity index (χ2n) is 27.6. The number of nitrogens with one attached hydrogen (secondary N) is 1. The van der Waals surface area contributed by atoms with Crippen molar-refractivity contribution < 1.29 is 88.1 Å². The topological polar surface area (TPSA) is 335 Å². The largest absolute Gasteiger partial charge is 0.508 e. The number of carbonyl (C=O) groups excluding carboxylic acids is 6. The Morgan fingerprint density at radius 3 is 1.19 bits per heavy atom. The van der Waals surface area contributed by atoms with Gasteiger partial charge in [0, 0.05) is 70.2 Å². The van der Waals surface area contributed by atoms with Gasteiger partial charge in [0.2, 0.25) is 0 Å². The number of amides is 3. The molecule has 11 rings (SSSR count). The summed E-state index contributed by atoms with van der Waals surface area (Å²) >= 11 is 6.28. The minimum absolute atomic E-state index is 0.0237. The van der Waals surface area contributed by atoms with Crippen LogP contribution in [0.3, 0.4) is 0 Å². The van der Waals surface area contributed by atoms with Crippen molar-refractivity contribution >= 4 is 64.4 Å². The van der Waals surface area contributed by atoms with E-state index < -0.39 is 23.7 Å². The van der Waals surface area contributed by atoms with E-state index in [4.69, 9.17) is 40.3 Å². The van der Waals surface area contributed by atoms with E-state index in [1.54, 1.807) is 18.2 Å². The Morgan fingerprint density at radius 1 is 0.425 bits per heavy atom. The van der Waals surface area contributed by atoms with Crippen LogP contribution in [0.25, 0.3) is 0 Å². The summed E-state index contributed by atoms with van der Waals surface area (Å²) in [5, 5.41) is 76.4. The Hall–Kier alpha value is -11.9. The van der Waals surface area contributed by atoms with E-state index in [9.17, 15) is 59.4 Å². The Labute approximate surface area is 663 Å². The van der Waals surface area contributed by atoms with Gasteiger partial charge in [-0.05, 0) is 172 Å². The highest BCUT2D eigenvalue weighted by molar-refractivity contribution is 6.33. The zero-order chi connectivity index (χ0) is 79.9. The molecule has 2 fully saturated rings. The first-order chi connectivity index (χ1) is 54.9. The number of esters is 3. The first-order valence-electron chi connectivity index (χ1n) is 38.2. The van der Waals surface area contributed by atoms with Crippen molar-refractivity contribution in [1.82, 2.24) is 15.1 Å². The SMILES string of the molecule is O=C(CO/N=C1/C=C/CC/C=C/CCOC(=O)c2c(O)cc(O)c(Cl)c2C1)NCc1ccccc1.O=C1OCC/C=C/CC/C=C/C(=N/OCC(=O)N2CCC(Cc3ccccc3)CC2)Cc2cc(O)cc(O)c21.O=C1OCC/C=C/CC/C=C/C(=N\OCC(=O)N2CCC(Cc3ccccc3)CC2)Cc2cc(O)cc(O)c21. The summed E-state index contributed by atoms with van der Waals surface area (Å²) in [5.41, 5.74) is 5.47. The lowest BCUT2D eigenvalue weighted by Gasteiger charge is -2.31. The lowest BCUT2D eigenvalue weighted by atomic mass is 9.90. The quantitative estimate of drug-likeness (QED) is 0.0217. The van der Waals surface area contributed by atoms with Crippen molar-refractivity contribution in [2.24, 2.45) is 27.3 Å². The highest BCUT2D eigenvalue weighted by Gasteiger charge is 2.29. The normalized spacial score (nSPS) is 19.2. The molecule has 0 unspecified atom stereocenters. The molecule has 24 nitrogen and oxygen atoms in total. The first kappa shape index (κ1) is 85.1. The van der Waals surface area contributed by atoms with Crippen molar-refractivity contribution in [3.8, 4) is 34.5 Å². The van der Waals surface area contributed by atoms with E-state index >= 15 is 0 Å². The summed E-state index contributed by atoms with van der Waals surface area (Å²) in [6.07, 6.45) is 35.1. The number of piperidine rings is 2. The molecule has 7 N–H and O–H groups in total. The third-order valence-corrected chi connectivity index (χ3v) is 19.4. The number of cyclic esters (lactones) is 3. The summed E-state index contributed by atoms with van der Waals surface area (Å²) < 4.78 is 15.9. The van der Waals surface area contributed by atoms with Gasteiger partial charge in [-0.25, -0.2) is 14.4 Å². The molecule has 3 amide bonds. The van der Waals surface area contributed by atoms with Crippen LogP contribution in [0.5, 0.6) is 34.5 Å². The summed E-state index contributed by atoms with van der Waals surface area (Å²) in [7, 11) is 0. The highest BCUT2D eigenvalue weighted by Crippen LogP contribution is 2.38. The molecule has 6 aromatic carbocycles. The van der Waals surface area contributed by atoms with Gasteiger partial charge < -0.3 is 74.5 Å². The van der Waals surface area contributed by atoms with Crippen molar-refractivity contribution in [1.29, 1.82) is 0 Å². The maximum Gasteiger partial charge on any atom is 0.342 e. The smallest absolute Gasteiger partial charge is 0.342 e. The number of hydrogen-bond acceptors (Lipinski definition) is 21. The predicted molar refractivity (Wildman–Crippen MR) is 430 cm³/mol. The van der Waals surface area contributed by atoms with E-state index in [1.165, 1.54) is 23.3 Å². The van der Waals surface area contributed by atoms with Crippen molar-refractivity contribution in [2.75, 3.05) is 65.8 Å². The van der Waals surface area contributed by atoms with Gasteiger partial charge in [0.15, 0.2) is 19.8 Å². The minimum atomic E-state index is -0.769. The number of aromatic hydroxyl groups is 6. The van der Waals surface area contributed by atoms with Crippen LogP contribution in [0.15, 0.2) is 210 Å². The lowest BCUT2D eigenvalue weighted by Crippen LogP contribution is -2.40. The van der Waals surface area contributed by atoms with E-state index in [0.29, 0.717) is 92.1 Å². The number of oxime groups is 3. The van der Waals surface area contributed by atoms with Crippen molar-refractivity contribution in [2.45, 2.75) is 122 Å². The standard InChI is InChI=1S/2C31H36N2O6.C26H27ClN2O6/c2*34-27-20-25-19-26(12-8-3-1-2-4-9-17-38-31(37)30(25)28(35)21-27)32-39-22-29(36)33-15-13-24(14-16-33)18-23-10-6-5-7-11-23;27-25-20-14-19(29-35-17-23(32)28-16-18-10-6-5-7-11-18)12-8-3-1-2-4-9-13-34-26(33)24(20)21(30)15-22(25)31/h2*2,4-8,10-12,20-21,24,34-35H,1,3,9,13-19,22H2;2,4-8,10-12,15,30-31H,1,3,9,13-14,16-17H2,(H,28,32)/b4-2+,12-8+,32-26+;4-2+,12-8+,32-26-;4-2+,12-8+,29-19-. The number of ether oxygens (including phenoxy) is 3. The van der Waals surface area contributed by atoms with Crippen LogP contribution in [-0.4, -0.2) is 159 Å². The molecular weight excluding hydrogens is 1460 g/mol. The summed E-state index contributed by atoms with van der Waals surface area (Å²) in [6, 6.07) is 36.3. The average molecular weight is 1560 g/mol. The average Bonchev–Trinajstić information content (AvgIpc) is 0.926. The molecule has 5 heterocycles. The van der Waals surface area contributed by atoms with Crippen LogP contribution in [-0.2, 0) is 81.8 Å². The number of allylic oxidation sites excluding steroid dienone is 9. The number of phenols is 6. The molecule has 2 saturated heterocycles. The molecule has 0 spiro atoms. The third-order valence-electron chi connectivity index (χ3n) is 19.0. The van der Waals surface area contributed by atoms with Crippen LogP contribution in [0.2, 0.25) is 5.02 Å². The van der Waals surface area contributed by atoms with E-state index in [1.807, 2.05) is 107 Å². The summed E-state index contributed by atoms with van der Waals surface area (Å²) in [6.45, 7) is 2.92. The number of rotatable bonds is 15. The van der Waals surface area contributed by atoms with Gasteiger partial charge in [-0.15, -0.1) is 0 Å².